The van der Waals surface area contributed by atoms with Gasteiger partial charge in [-0.05, 0) is 31.4 Å². The average Bonchev–Trinajstić information content (AvgIpc) is 3.21. The van der Waals surface area contributed by atoms with Crippen LogP contribution in [-0.2, 0) is 11.3 Å². The Bertz CT molecular complexity index is 487. The van der Waals surface area contributed by atoms with Gasteiger partial charge in [0, 0.05) is 18.2 Å². The maximum absolute atomic E-state index is 13.9. The highest BCUT2D eigenvalue weighted by Crippen LogP contribution is 2.23. The third-order valence-electron chi connectivity index (χ3n) is 3.21. The number of rotatable bonds is 8. The number of amides is 1. The third-order valence-corrected chi connectivity index (χ3v) is 3.21. The molecule has 4 nitrogen and oxygen atoms in total. The molecule has 2 rings (SSSR count). The predicted molar refractivity (Wildman–Crippen MR) is 79.6 cm³/mol. The summed E-state index contributed by atoms with van der Waals surface area (Å²) in [5.74, 6) is 0.0619. The first-order valence-electron chi connectivity index (χ1n) is 7.46. The molecule has 1 aromatic rings. The summed E-state index contributed by atoms with van der Waals surface area (Å²) in [5, 5.41) is 6.07. The van der Waals surface area contributed by atoms with E-state index >= 15 is 0 Å². The summed E-state index contributed by atoms with van der Waals surface area (Å²) in [6.07, 6.45) is 2.05. The van der Waals surface area contributed by atoms with Crippen molar-refractivity contribution in [3.63, 3.8) is 0 Å². The van der Waals surface area contributed by atoms with Crippen molar-refractivity contribution in [3.05, 3.63) is 29.6 Å². The molecule has 1 aliphatic rings. The van der Waals surface area contributed by atoms with Gasteiger partial charge in [0.2, 0.25) is 0 Å². The van der Waals surface area contributed by atoms with Crippen LogP contribution in [0.3, 0.4) is 0 Å². The van der Waals surface area contributed by atoms with Crippen molar-refractivity contribution in [2.24, 2.45) is 5.92 Å². The molecule has 2 N–H and O–H groups in total. The minimum absolute atomic E-state index is 0.144. The quantitative estimate of drug-likeness (QED) is 0.773. The lowest BCUT2D eigenvalue weighted by atomic mass is 10.1. The second-order valence-corrected chi connectivity index (χ2v) is 5.88. The molecule has 0 atom stereocenters. The molecule has 1 saturated carbocycles. The van der Waals surface area contributed by atoms with Crippen molar-refractivity contribution in [2.45, 2.75) is 39.3 Å². The normalized spacial score (nSPS) is 14.3. The fourth-order valence-electron chi connectivity index (χ4n) is 1.98. The van der Waals surface area contributed by atoms with Gasteiger partial charge in [0.15, 0.2) is 18.2 Å². The SMILES string of the molecule is CC(C)CNCc1cccc(F)c1OCC(=O)NC1CC1. The third kappa shape index (κ3) is 5.34. The van der Waals surface area contributed by atoms with Crippen LogP contribution in [0.25, 0.3) is 0 Å². The maximum atomic E-state index is 13.9. The van der Waals surface area contributed by atoms with Crippen molar-refractivity contribution in [3.8, 4) is 5.75 Å². The van der Waals surface area contributed by atoms with Crippen LogP contribution in [0.15, 0.2) is 18.2 Å². The van der Waals surface area contributed by atoms with E-state index in [1.807, 2.05) is 6.07 Å². The summed E-state index contributed by atoms with van der Waals surface area (Å²) < 4.78 is 19.3. The zero-order chi connectivity index (χ0) is 15.2. The Morgan fingerprint density at radius 2 is 2.19 bits per heavy atom. The van der Waals surface area contributed by atoms with Gasteiger partial charge in [-0.15, -0.1) is 0 Å². The first kappa shape index (κ1) is 15.8. The second kappa shape index (κ2) is 7.41. The number of carbonyl (C=O) groups excluding carboxylic acids is 1. The number of nitrogens with one attached hydrogen (secondary N) is 2. The van der Waals surface area contributed by atoms with Crippen molar-refractivity contribution in [1.29, 1.82) is 0 Å². The second-order valence-electron chi connectivity index (χ2n) is 5.88. The average molecular weight is 294 g/mol. The van der Waals surface area contributed by atoms with Crippen molar-refractivity contribution >= 4 is 5.91 Å². The van der Waals surface area contributed by atoms with Gasteiger partial charge in [-0.2, -0.15) is 0 Å². The number of para-hydroxylation sites is 1. The molecule has 116 valence electrons. The summed E-state index contributed by atoms with van der Waals surface area (Å²) in [5.41, 5.74) is 0.731. The number of halogens is 1. The molecule has 1 aromatic carbocycles. The van der Waals surface area contributed by atoms with E-state index in [1.165, 1.54) is 6.07 Å². The Kier molecular flexibility index (Phi) is 5.56. The molecule has 0 heterocycles. The van der Waals surface area contributed by atoms with Crippen molar-refractivity contribution in [1.82, 2.24) is 10.6 Å². The molecule has 0 radical (unpaired) electrons. The lowest BCUT2D eigenvalue weighted by Gasteiger charge is -2.14. The molecule has 0 aliphatic heterocycles. The van der Waals surface area contributed by atoms with Crippen LogP contribution < -0.4 is 15.4 Å². The molecule has 5 heteroatoms. The minimum Gasteiger partial charge on any atom is -0.480 e. The summed E-state index contributed by atoms with van der Waals surface area (Å²) in [6, 6.07) is 5.10. The van der Waals surface area contributed by atoms with Gasteiger partial charge in [0.05, 0.1) is 0 Å². The fourth-order valence-corrected chi connectivity index (χ4v) is 1.98. The van der Waals surface area contributed by atoms with Crippen molar-refractivity contribution < 1.29 is 13.9 Å². The Balaban J connectivity index is 1.90. The molecule has 0 saturated heterocycles. The molecular weight excluding hydrogens is 271 g/mol. The molecule has 0 aromatic heterocycles. The highest BCUT2D eigenvalue weighted by Gasteiger charge is 2.23. The topological polar surface area (TPSA) is 50.4 Å². The van der Waals surface area contributed by atoms with Gasteiger partial charge in [-0.3, -0.25) is 4.79 Å². The van der Waals surface area contributed by atoms with Crippen LogP contribution in [0.5, 0.6) is 5.75 Å². The van der Waals surface area contributed by atoms with E-state index in [1.54, 1.807) is 6.07 Å². The Morgan fingerprint density at radius 3 is 2.86 bits per heavy atom. The molecule has 1 fully saturated rings. The van der Waals surface area contributed by atoms with Gasteiger partial charge in [0.25, 0.3) is 5.91 Å². The summed E-state index contributed by atoms with van der Waals surface area (Å²) in [4.78, 5) is 11.6. The van der Waals surface area contributed by atoms with Crippen LogP contribution >= 0.6 is 0 Å². The van der Waals surface area contributed by atoms with Gasteiger partial charge in [-0.25, -0.2) is 4.39 Å². The van der Waals surface area contributed by atoms with E-state index < -0.39 is 5.82 Å². The van der Waals surface area contributed by atoms with Gasteiger partial charge in [0.1, 0.15) is 0 Å². The zero-order valence-corrected chi connectivity index (χ0v) is 12.6. The Hall–Kier alpha value is -1.62. The summed E-state index contributed by atoms with van der Waals surface area (Å²) in [7, 11) is 0. The lowest BCUT2D eigenvalue weighted by Crippen LogP contribution is -2.31. The van der Waals surface area contributed by atoms with E-state index in [0.29, 0.717) is 12.5 Å². The lowest BCUT2D eigenvalue weighted by molar-refractivity contribution is -0.123. The summed E-state index contributed by atoms with van der Waals surface area (Å²) >= 11 is 0. The number of ether oxygens (including phenoxy) is 1. The molecule has 1 aliphatic carbocycles. The number of carbonyl (C=O) groups is 1. The highest BCUT2D eigenvalue weighted by atomic mass is 19.1. The Labute approximate surface area is 125 Å². The zero-order valence-electron chi connectivity index (χ0n) is 12.6. The first-order valence-corrected chi connectivity index (χ1v) is 7.46. The highest BCUT2D eigenvalue weighted by molar-refractivity contribution is 5.78. The largest absolute Gasteiger partial charge is 0.480 e. The molecule has 1 amide bonds. The van der Waals surface area contributed by atoms with Gasteiger partial charge in [-0.1, -0.05) is 26.0 Å². The smallest absolute Gasteiger partial charge is 0.258 e. The van der Waals surface area contributed by atoms with E-state index in [0.717, 1.165) is 24.9 Å². The minimum atomic E-state index is -0.432. The molecule has 0 bridgehead atoms. The van der Waals surface area contributed by atoms with E-state index in [9.17, 15) is 9.18 Å². The molecule has 0 unspecified atom stereocenters. The van der Waals surface area contributed by atoms with Crippen LogP contribution in [0.2, 0.25) is 0 Å². The van der Waals surface area contributed by atoms with Crippen LogP contribution in [-0.4, -0.2) is 25.1 Å². The van der Waals surface area contributed by atoms with Gasteiger partial charge < -0.3 is 15.4 Å². The summed E-state index contributed by atoms with van der Waals surface area (Å²) in [6.45, 7) is 5.44. The van der Waals surface area contributed by atoms with E-state index in [-0.39, 0.29) is 24.3 Å². The monoisotopic (exact) mass is 294 g/mol. The standard InChI is InChI=1S/C16H23FN2O2/c1-11(2)8-18-9-12-4-3-5-14(17)16(12)21-10-15(20)19-13-6-7-13/h3-5,11,13,18H,6-10H2,1-2H3,(H,19,20). The molecular formula is C16H23FN2O2. The van der Waals surface area contributed by atoms with Crippen LogP contribution in [0.4, 0.5) is 4.39 Å². The molecule has 21 heavy (non-hydrogen) atoms. The number of benzene rings is 1. The van der Waals surface area contributed by atoms with Gasteiger partial charge >= 0.3 is 0 Å². The number of hydrogen-bond acceptors (Lipinski definition) is 3. The predicted octanol–water partition coefficient (Wildman–Crippen LogP) is 2.23. The fraction of sp³-hybridized carbons (Fsp3) is 0.562. The molecule has 0 spiro atoms. The first-order chi connectivity index (χ1) is 10.1. The Morgan fingerprint density at radius 1 is 1.43 bits per heavy atom. The number of hydrogen-bond donors (Lipinski definition) is 2. The van der Waals surface area contributed by atoms with E-state index in [2.05, 4.69) is 24.5 Å². The van der Waals surface area contributed by atoms with Crippen molar-refractivity contribution in [2.75, 3.05) is 13.2 Å². The van der Waals surface area contributed by atoms with E-state index in [4.69, 9.17) is 4.74 Å². The van der Waals surface area contributed by atoms with Crippen LogP contribution in [0.1, 0.15) is 32.3 Å². The van der Waals surface area contributed by atoms with Crippen LogP contribution in [0, 0.1) is 11.7 Å². The maximum Gasteiger partial charge on any atom is 0.258 e.